The van der Waals surface area contributed by atoms with Gasteiger partial charge in [-0.2, -0.15) is 8.78 Å². The largest absolute Gasteiger partial charge is 0.431 e. The number of pyridine rings is 1. The van der Waals surface area contributed by atoms with E-state index in [-0.39, 0.29) is 0 Å². The molecule has 0 atom stereocenters. The van der Waals surface area contributed by atoms with Crippen LogP contribution in [0, 0.1) is 5.82 Å². The molecule has 0 aliphatic rings. The minimum Gasteiger partial charge on any atom is -0.431 e. The summed E-state index contributed by atoms with van der Waals surface area (Å²) in [5, 5.41) is -0.495. The van der Waals surface area contributed by atoms with Gasteiger partial charge in [0, 0.05) is 0 Å². The fraction of sp³-hybridized carbons (Fsp3) is 0.167. The lowest BCUT2D eigenvalue weighted by Crippen LogP contribution is -2.03. The number of hydrogen-bond acceptors (Lipinski definition) is 2. The van der Waals surface area contributed by atoms with Crippen LogP contribution in [0.1, 0.15) is 0 Å². The minimum absolute atomic E-state index is 0.466. The highest BCUT2D eigenvalue weighted by Gasteiger charge is 2.11. The van der Waals surface area contributed by atoms with Crippen LogP contribution < -0.4 is 4.74 Å². The number of halogens is 4. The van der Waals surface area contributed by atoms with E-state index in [1.165, 1.54) is 0 Å². The fourth-order valence-corrected chi connectivity index (χ4v) is 0.722. The molecule has 0 spiro atoms. The Morgan fingerprint density at radius 1 is 1.42 bits per heavy atom. The Bertz CT molecular complexity index is 281. The van der Waals surface area contributed by atoms with E-state index in [1.54, 1.807) is 0 Å². The van der Waals surface area contributed by atoms with Crippen molar-refractivity contribution in [1.29, 1.82) is 0 Å². The number of nitrogens with zero attached hydrogens (tertiary/aromatic N) is 1. The molecule has 0 saturated heterocycles. The lowest BCUT2D eigenvalue weighted by atomic mass is 10.4. The molecular formula is C6H3ClF3NO. The van der Waals surface area contributed by atoms with Crippen LogP contribution in [0.25, 0.3) is 0 Å². The first-order valence-electron chi connectivity index (χ1n) is 2.85. The summed E-state index contributed by atoms with van der Waals surface area (Å²) in [7, 11) is 0. The second kappa shape index (κ2) is 3.62. The average Bonchev–Trinajstić information content (AvgIpc) is 1.98. The highest BCUT2D eigenvalue weighted by Crippen LogP contribution is 2.26. The second-order valence-electron chi connectivity index (χ2n) is 1.81. The number of aromatic nitrogens is 1. The number of alkyl halides is 2. The summed E-state index contributed by atoms with van der Waals surface area (Å²) in [5.41, 5.74) is 0. The molecule has 0 aliphatic carbocycles. The first-order chi connectivity index (χ1) is 5.61. The van der Waals surface area contributed by atoms with Crippen molar-refractivity contribution in [2.75, 3.05) is 0 Å². The van der Waals surface area contributed by atoms with E-state index in [9.17, 15) is 13.2 Å². The van der Waals surface area contributed by atoms with E-state index < -0.39 is 23.2 Å². The van der Waals surface area contributed by atoms with Crippen LogP contribution in [0.4, 0.5) is 13.2 Å². The molecule has 0 bridgehead atoms. The third-order valence-electron chi connectivity index (χ3n) is 1.02. The monoisotopic (exact) mass is 197 g/mol. The van der Waals surface area contributed by atoms with Crippen molar-refractivity contribution >= 4 is 11.6 Å². The standard InChI is InChI=1S/C6H3ClF3NO/c7-5-3(8)1-11-2-4(5)12-6(9)10/h1-2,6H. The van der Waals surface area contributed by atoms with Gasteiger partial charge in [0.15, 0.2) is 11.6 Å². The van der Waals surface area contributed by atoms with Crippen molar-refractivity contribution in [3.63, 3.8) is 0 Å². The zero-order chi connectivity index (χ0) is 9.14. The predicted octanol–water partition coefficient (Wildman–Crippen LogP) is 2.48. The molecule has 1 rings (SSSR count). The zero-order valence-corrected chi connectivity index (χ0v) is 6.36. The van der Waals surface area contributed by atoms with Crippen LogP contribution in [0.5, 0.6) is 5.75 Å². The van der Waals surface area contributed by atoms with Crippen molar-refractivity contribution in [3.05, 3.63) is 23.2 Å². The normalized spacial score (nSPS) is 10.4. The van der Waals surface area contributed by atoms with Gasteiger partial charge in [0.05, 0.1) is 12.4 Å². The summed E-state index contributed by atoms with van der Waals surface area (Å²) in [4.78, 5) is 3.28. The molecule has 12 heavy (non-hydrogen) atoms. The fourth-order valence-electron chi connectivity index (χ4n) is 0.580. The number of hydrogen-bond donors (Lipinski definition) is 0. The van der Waals surface area contributed by atoms with Crippen LogP contribution in [-0.4, -0.2) is 11.6 Å². The Balaban J connectivity index is 2.92. The average molecular weight is 198 g/mol. The Morgan fingerprint density at radius 2 is 2.08 bits per heavy atom. The third kappa shape index (κ3) is 2.01. The van der Waals surface area contributed by atoms with E-state index >= 15 is 0 Å². The summed E-state index contributed by atoms with van der Waals surface area (Å²) in [6.45, 7) is -3.04. The van der Waals surface area contributed by atoms with Crippen LogP contribution in [0.2, 0.25) is 5.02 Å². The summed E-state index contributed by atoms with van der Waals surface area (Å²) < 4.78 is 39.6. The van der Waals surface area contributed by atoms with Gasteiger partial charge in [-0.25, -0.2) is 4.39 Å². The quantitative estimate of drug-likeness (QED) is 0.727. The molecule has 0 radical (unpaired) electrons. The van der Waals surface area contributed by atoms with Crippen molar-refractivity contribution in [2.24, 2.45) is 0 Å². The summed E-state index contributed by atoms with van der Waals surface area (Å²) >= 11 is 5.26. The number of ether oxygens (including phenoxy) is 1. The molecule has 2 nitrogen and oxygen atoms in total. The molecule has 0 fully saturated rings. The van der Waals surface area contributed by atoms with Crippen molar-refractivity contribution < 1.29 is 17.9 Å². The van der Waals surface area contributed by atoms with Crippen LogP contribution in [0.3, 0.4) is 0 Å². The van der Waals surface area contributed by atoms with Gasteiger partial charge in [-0.15, -0.1) is 0 Å². The summed E-state index contributed by atoms with van der Waals surface area (Å²) in [5.74, 6) is -1.36. The lowest BCUT2D eigenvalue weighted by Gasteiger charge is -2.04. The van der Waals surface area contributed by atoms with Crippen molar-refractivity contribution in [3.8, 4) is 5.75 Å². The van der Waals surface area contributed by atoms with Crippen molar-refractivity contribution in [2.45, 2.75) is 6.61 Å². The van der Waals surface area contributed by atoms with Crippen LogP contribution in [-0.2, 0) is 0 Å². The predicted molar refractivity (Wildman–Crippen MR) is 35.8 cm³/mol. The van der Waals surface area contributed by atoms with E-state index in [4.69, 9.17) is 11.6 Å². The molecule has 0 amide bonds. The molecule has 0 aromatic carbocycles. The zero-order valence-electron chi connectivity index (χ0n) is 5.60. The van der Waals surface area contributed by atoms with Gasteiger partial charge < -0.3 is 4.74 Å². The highest BCUT2D eigenvalue weighted by molar-refractivity contribution is 6.32. The van der Waals surface area contributed by atoms with Gasteiger partial charge in [-0.3, -0.25) is 4.98 Å². The van der Waals surface area contributed by atoms with Gasteiger partial charge in [-0.05, 0) is 0 Å². The Morgan fingerprint density at radius 3 is 2.67 bits per heavy atom. The molecule has 0 saturated carbocycles. The molecule has 66 valence electrons. The van der Waals surface area contributed by atoms with Gasteiger partial charge in [-0.1, -0.05) is 11.6 Å². The summed E-state index contributed by atoms with van der Waals surface area (Å²) in [6, 6.07) is 0. The topological polar surface area (TPSA) is 22.1 Å². The SMILES string of the molecule is Fc1cncc(OC(F)F)c1Cl. The third-order valence-corrected chi connectivity index (χ3v) is 1.39. The lowest BCUT2D eigenvalue weighted by molar-refractivity contribution is -0.0501. The number of rotatable bonds is 2. The van der Waals surface area contributed by atoms with Crippen LogP contribution in [0.15, 0.2) is 12.4 Å². The van der Waals surface area contributed by atoms with E-state index in [0.29, 0.717) is 0 Å². The maximum Gasteiger partial charge on any atom is 0.387 e. The molecule has 1 aromatic rings. The summed E-state index contributed by atoms with van der Waals surface area (Å²) in [6.07, 6.45) is 1.72. The maximum atomic E-state index is 12.5. The van der Waals surface area contributed by atoms with Crippen LogP contribution >= 0.6 is 11.6 Å². The molecule has 6 heteroatoms. The Labute approximate surface area is 70.9 Å². The Kier molecular flexibility index (Phi) is 2.75. The van der Waals surface area contributed by atoms with Gasteiger partial charge in [0.1, 0.15) is 5.02 Å². The molecule has 0 N–H and O–H groups in total. The first kappa shape index (κ1) is 9.12. The minimum atomic E-state index is -3.04. The smallest absolute Gasteiger partial charge is 0.387 e. The highest BCUT2D eigenvalue weighted by atomic mass is 35.5. The molecular weight excluding hydrogens is 195 g/mol. The van der Waals surface area contributed by atoms with Gasteiger partial charge >= 0.3 is 6.61 Å². The second-order valence-corrected chi connectivity index (χ2v) is 2.19. The van der Waals surface area contributed by atoms with Gasteiger partial charge in [0.2, 0.25) is 0 Å². The molecule has 1 heterocycles. The molecule has 0 aliphatic heterocycles. The van der Waals surface area contributed by atoms with Crippen molar-refractivity contribution in [1.82, 2.24) is 4.98 Å². The maximum absolute atomic E-state index is 12.5. The molecule has 0 unspecified atom stereocenters. The molecule has 1 aromatic heterocycles. The van der Waals surface area contributed by atoms with E-state index in [0.717, 1.165) is 12.4 Å². The van der Waals surface area contributed by atoms with E-state index in [1.807, 2.05) is 0 Å². The first-order valence-corrected chi connectivity index (χ1v) is 3.23. The van der Waals surface area contributed by atoms with Gasteiger partial charge in [0.25, 0.3) is 0 Å². The Hall–Kier alpha value is -0.970. The van der Waals surface area contributed by atoms with E-state index in [2.05, 4.69) is 9.72 Å².